The lowest BCUT2D eigenvalue weighted by molar-refractivity contribution is 0.588. The molecular formula is C78H82BN3O. The highest BCUT2D eigenvalue weighted by Crippen LogP contribution is 2.52. The lowest BCUT2D eigenvalue weighted by Gasteiger charge is -2.46. The third-order valence-electron chi connectivity index (χ3n) is 18.6. The van der Waals surface area contributed by atoms with E-state index in [0.29, 0.717) is 0 Å². The van der Waals surface area contributed by atoms with Gasteiger partial charge in [0.2, 0.25) is 0 Å². The number of para-hydroxylation sites is 2. The van der Waals surface area contributed by atoms with Crippen molar-refractivity contribution in [3.8, 4) is 16.8 Å². The van der Waals surface area contributed by atoms with Gasteiger partial charge in [-0.25, -0.2) is 0 Å². The number of fused-ring (bicyclic) bond motifs is 10. The van der Waals surface area contributed by atoms with Gasteiger partial charge in [0, 0.05) is 55.5 Å². The van der Waals surface area contributed by atoms with E-state index in [-0.39, 0.29) is 33.8 Å². The van der Waals surface area contributed by atoms with Crippen LogP contribution in [0.1, 0.15) is 154 Å². The molecule has 9 aromatic carbocycles. The summed E-state index contributed by atoms with van der Waals surface area (Å²) in [5.41, 5.74) is 30.4. The van der Waals surface area contributed by atoms with Crippen molar-refractivity contribution in [2.45, 2.75) is 159 Å². The molecule has 13 rings (SSSR count). The molecule has 11 aromatic rings. The average Bonchev–Trinajstić information content (AvgIpc) is 3.91. The van der Waals surface area contributed by atoms with Gasteiger partial charge in [0.15, 0.2) is 0 Å². The molecule has 83 heavy (non-hydrogen) atoms. The van der Waals surface area contributed by atoms with Gasteiger partial charge in [-0.15, -0.1) is 0 Å². The number of hydrogen-bond acceptors (Lipinski definition) is 3. The van der Waals surface area contributed by atoms with Crippen LogP contribution < -0.4 is 26.2 Å². The van der Waals surface area contributed by atoms with Gasteiger partial charge in [-0.1, -0.05) is 195 Å². The van der Waals surface area contributed by atoms with E-state index in [2.05, 4.69) is 298 Å². The number of hydrogen-bond donors (Lipinski definition) is 0. The van der Waals surface area contributed by atoms with Gasteiger partial charge >= 0.3 is 0 Å². The molecule has 2 aliphatic rings. The minimum Gasteiger partial charge on any atom is -0.455 e. The van der Waals surface area contributed by atoms with Crippen LogP contribution in [0.3, 0.4) is 0 Å². The molecule has 2 aromatic heterocycles. The second-order valence-electron chi connectivity index (χ2n) is 29.8. The first kappa shape index (κ1) is 54.5. The Balaban J connectivity index is 1.17. The molecule has 0 radical (unpaired) electrons. The highest BCUT2D eigenvalue weighted by atomic mass is 16.3. The highest BCUT2D eigenvalue weighted by Gasteiger charge is 2.46. The third kappa shape index (κ3) is 8.68. The van der Waals surface area contributed by atoms with E-state index < -0.39 is 0 Å². The molecule has 0 amide bonds. The summed E-state index contributed by atoms with van der Waals surface area (Å²) >= 11 is 0. The van der Waals surface area contributed by atoms with Crippen molar-refractivity contribution >= 4 is 101 Å². The van der Waals surface area contributed by atoms with Crippen LogP contribution in [0.5, 0.6) is 0 Å². The number of rotatable bonds is 4. The second-order valence-corrected chi connectivity index (χ2v) is 29.8. The van der Waals surface area contributed by atoms with Crippen LogP contribution in [-0.2, 0) is 27.1 Å². The van der Waals surface area contributed by atoms with E-state index in [1.165, 1.54) is 122 Å². The Hall–Kier alpha value is -7.76. The Morgan fingerprint density at radius 1 is 0.361 bits per heavy atom. The summed E-state index contributed by atoms with van der Waals surface area (Å²) in [5.74, 6) is 0. The highest BCUT2D eigenvalue weighted by molar-refractivity contribution is 7.00. The zero-order valence-electron chi connectivity index (χ0n) is 52.8. The fourth-order valence-corrected chi connectivity index (χ4v) is 13.9. The van der Waals surface area contributed by atoms with Gasteiger partial charge < -0.3 is 18.8 Å². The monoisotopic (exact) mass is 1090 g/mol. The molecule has 0 spiro atoms. The minimum absolute atomic E-state index is 0.00359. The number of benzene rings is 9. The number of aryl methyl sites for hydroxylation is 4. The number of anilines is 6. The number of nitrogens with zero attached hydrogens (tertiary/aromatic N) is 3. The van der Waals surface area contributed by atoms with E-state index in [0.717, 1.165) is 38.8 Å². The Bertz CT molecular complexity index is 4460. The quantitative estimate of drug-likeness (QED) is 0.164. The molecule has 0 N–H and O–H groups in total. The van der Waals surface area contributed by atoms with Crippen LogP contribution in [0.2, 0.25) is 0 Å². The van der Waals surface area contributed by atoms with Gasteiger partial charge in [-0.3, -0.25) is 0 Å². The summed E-state index contributed by atoms with van der Waals surface area (Å²) in [7, 11) is 0. The lowest BCUT2D eigenvalue weighted by Crippen LogP contribution is -2.61. The molecule has 0 bridgehead atoms. The van der Waals surface area contributed by atoms with Crippen LogP contribution in [0.4, 0.5) is 34.1 Å². The molecule has 5 heteroatoms. The van der Waals surface area contributed by atoms with E-state index in [1.807, 2.05) is 0 Å². The molecule has 0 saturated heterocycles. The molecule has 0 atom stereocenters. The summed E-state index contributed by atoms with van der Waals surface area (Å²) in [4.78, 5) is 5.38. The molecule has 0 fully saturated rings. The van der Waals surface area contributed by atoms with Gasteiger partial charge in [-0.2, -0.15) is 0 Å². The standard InChI is InChI=1S/C78H82BN3O/c1-45-35-49(56-24-22-25-59-58-23-20-21-26-69(58)83-73(56)59)36-46(2)71(45)82-66-44-64-60(57-33-29-51(75(8,9)10)39-63(57)80(64)55-31-27-50(28-32-55)74(5,6)7)43-62(66)79-61-34-30-52(76(11,12)13)40-65(61)81(67-41-54(78(17,18)19)42-68(82)70(67)79)72-47(3)37-53(38-48(72)4)77(14,15)16/h20-44H,1-19H3. The van der Waals surface area contributed by atoms with E-state index in [4.69, 9.17) is 4.42 Å². The predicted octanol–water partition coefficient (Wildman–Crippen LogP) is 20.2. The number of furan rings is 1. The van der Waals surface area contributed by atoms with E-state index in [1.54, 1.807) is 0 Å². The maximum atomic E-state index is 6.73. The topological polar surface area (TPSA) is 24.6 Å². The average molecular weight is 1090 g/mol. The van der Waals surface area contributed by atoms with Crippen LogP contribution in [0, 0.1) is 27.7 Å². The number of aromatic nitrogens is 1. The molecule has 418 valence electrons. The molecule has 2 aliphatic heterocycles. The van der Waals surface area contributed by atoms with Gasteiger partial charge in [0.05, 0.1) is 22.4 Å². The summed E-state index contributed by atoms with van der Waals surface area (Å²) in [6, 6.07) is 59.2. The van der Waals surface area contributed by atoms with Crippen LogP contribution in [-0.4, -0.2) is 11.3 Å². The Morgan fingerprint density at radius 2 is 0.843 bits per heavy atom. The van der Waals surface area contributed by atoms with Crippen molar-refractivity contribution in [3.63, 3.8) is 0 Å². The van der Waals surface area contributed by atoms with Crippen molar-refractivity contribution in [2.24, 2.45) is 0 Å². The predicted molar refractivity (Wildman–Crippen MR) is 360 cm³/mol. The zero-order valence-corrected chi connectivity index (χ0v) is 52.8. The van der Waals surface area contributed by atoms with Gasteiger partial charge in [0.25, 0.3) is 6.71 Å². The van der Waals surface area contributed by atoms with E-state index in [9.17, 15) is 0 Å². The van der Waals surface area contributed by atoms with Crippen molar-refractivity contribution in [1.82, 2.24) is 4.57 Å². The van der Waals surface area contributed by atoms with Crippen molar-refractivity contribution in [3.05, 3.63) is 202 Å². The normalized spacial score (nSPS) is 13.9. The first-order chi connectivity index (χ1) is 39.0. The second kappa shape index (κ2) is 18.4. The van der Waals surface area contributed by atoms with E-state index >= 15 is 0 Å². The zero-order chi connectivity index (χ0) is 58.9. The molecule has 0 saturated carbocycles. The molecular weight excluding hydrogens is 1010 g/mol. The Morgan fingerprint density at radius 3 is 1.43 bits per heavy atom. The van der Waals surface area contributed by atoms with Gasteiger partial charge in [0.1, 0.15) is 11.2 Å². The molecule has 4 nitrogen and oxygen atoms in total. The van der Waals surface area contributed by atoms with Crippen molar-refractivity contribution in [2.75, 3.05) is 9.80 Å². The Labute approximate surface area is 494 Å². The van der Waals surface area contributed by atoms with Crippen LogP contribution in [0.25, 0.3) is 60.6 Å². The lowest BCUT2D eigenvalue weighted by atomic mass is 9.33. The Kier molecular flexibility index (Phi) is 12.1. The molecule has 0 aliphatic carbocycles. The van der Waals surface area contributed by atoms with Crippen LogP contribution >= 0.6 is 0 Å². The minimum atomic E-state index is -0.189. The van der Waals surface area contributed by atoms with Crippen molar-refractivity contribution < 1.29 is 4.42 Å². The first-order valence-electron chi connectivity index (χ1n) is 30.3. The molecule has 4 heterocycles. The maximum Gasteiger partial charge on any atom is 0.252 e. The fourth-order valence-electron chi connectivity index (χ4n) is 13.9. The smallest absolute Gasteiger partial charge is 0.252 e. The summed E-state index contributed by atoms with van der Waals surface area (Å²) in [6.45, 7) is 44.4. The summed E-state index contributed by atoms with van der Waals surface area (Å²) in [5, 5.41) is 4.80. The fraction of sp³-hybridized carbons (Fsp3) is 0.308. The largest absolute Gasteiger partial charge is 0.455 e. The SMILES string of the molecule is Cc1cc(C(C)(C)C)cc(C)c1N1c2cc(C(C)(C)C)ccc2B2c3cc4c5ccc(C(C)(C)C)cc5n(-c5ccc(C(C)(C)C)cc5)c4cc3N(c3c(C)cc(-c4cccc5c4oc4ccccc45)cc3C)c3cc(C(C)(C)C)cc1c32. The maximum absolute atomic E-state index is 6.73. The summed E-state index contributed by atoms with van der Waals surface area (Å²) in [6.07, 6.45) is 0. The third-order valence-corrected chi connectivity index (χ3v) is 18.6. The molecule has 0 unspecified atom stereocenters. The summed E-state index contributed by atoms with van der Waals surface area (Å²) < 4.78 is 9.29. The first-order valence-corrected chi connectivity index (χ1v) is 30.3. The van der Waals surface area contributed by atoms with Crippen molar-refractivity contribution in [1.29, 1.82) is 0 Å². The van der Waals surface area contributed by atoms with Crippen LogP contribution in [0.15, 0.2) is 156 Å². The van der Waals surface area contributed by atoms with Gasteiger partial charge in [-0.05, 0) is 187 Å².